The molecule has 5 heteroatoms. The summed E-state index contributed by atoms with van der Waals surface area (Å²) < 4.78 is 12.9. The van der Waals surface area contributed by atoms with Crippen LogP contribution in [0.4, 0.5) is 0 Å². The third kappa shape index (κ3) is 3.25. The van der Waals surface area contributed by atoms with Gasteiger partial charge in [0.1, 0.15) is 6.54 Å². The predicted octanol–water partition coefficient (Wildman–Crippen LogP) is 1.52. The predicted molar refractivity (Wildman–Crippen MR) is 80.1 cm³/mol. The van der Waals surface area contributed by atoms with Gasteiger partial charge in [-0.05, 0) is 17.5 Å². The number of hydrogen-bond acceptors (Lipinski definition) is 3. The number of ether oxygens (including phenoxy) is 2. The summed E-state index contributed by atoms with van der Waals surface area (Å²) >= 11 is 0. The maximum Gasteiger partial charge on any atom is 0.242 e. The first kappa shape index (κ1) is 14.1. The highest BCUT2D eigenvalue weighted by atomic mass is 16.6. The number of amides is 1. The number of carbonyl (C=O) groups excluding carboxylic acids is 1. The highest BCUT2D eigenvalue weighted by Crippen LogP contribution is 2.15. The highest BCUT2D eigenvalue weighted by Gasteiger charge is 2.19. The van der Waals surface area contributed by atoms with Crippen molar-refractivity contribution in [1.29, 1.82) is 0 Å². The van der Waals surface area contributed by atoms with E-state index in [0.717, 1.165) is 10.9 Å². The Labute approximate surface area is 124 Å². The quantitative estimate of drug-likeness (QED) is 0.856. The van der Waals surface area contributed by atoms with Gasteiger partial charge in [0.25, 0.3) is 0 Å². The Kier molecular flexibility index (Phi) is 4.22. The van der Waals surface area contributed by atoms with E-state index in [1.165, 1.54) is 0 Å². The minimum atomic E-state index is -0.0193. The number of hydrogen-bond donors (Lipinski definition) is 0. The molecule has 1 saturated heterocycles. The zero-order valence-corrected chi connectivity index (χ0v) is 12.2. The number of aromatic nitrogens is 1. The van der Waals surface area contributed by atoms with Crippen molar-refractivity contribution in [3.05, 3.63) is 36.5 Å². The van der Waals surface area contributed by atoms with Crippen LogP contribution in [0.1, 0.15) is 0 Å². The molecule has 0 unspecified atom stereocenters. The number of carbonyl (C=O) groups is 1. The maximum absolute atomic E-state index is 12.3. The first-order valence-corrected chi connectivity index (χ1v) is 7.21. The summed E-state index contributed by atoms with van der Waals surface area (Å²) in [6.45, 7) is 2.72. The molecule has 1 amide bonds. The van der Waals surface area contributed by atoms with Crippen LogP contribution in [0, 0.1) is 0 Å². The van der Waals surface area contributed by atoms with Crippen LogP contribution in [0.5, 0.6) is 0 Å². The van der Waals surface area contributed by atoms with E-state index in [9.17, 15) is 4.79 Å². The summed E-state index contributed by atoms with van der Waals surface area (Å²) in [5, 5.41) is 1.15. The van der Waals surface area contributed by atoms with Crippen LogP contribution in [0.2, 0.25) is 0 Å². The van der Waals surface area contributed by atoms with E-state index in [4.69, 9.17) is 9.47 Å². The van der Waals surface area contributed by atoms with Crippen LogP contribution in [-0.2, 0) is 20.8 Å². The van der Waals surface area contributed by atoms with Crippen molar-refractivity contribution >= 4 is 16.8 Å². The van der Waals surface area contributed by atoms with Crippen LogP contribution in [0.3, 0.4) is 0 Å². The van der Waals surface area contributed by atoms with Crippen molar-refractivity contribution in [3.8, 4) is 0 Å². The molecule has 2 heterocycles. The standard InChI is InChI=1S/C16H20N2O3/c1-17(10-14-12-20-8-9-21-14)16(19)11-18-7-6-13-4-2-3-5-15(13)18/h2-7,14H,8-12H2,1H3/t14-/m1/s1. The Balaban J connectivity index is 1.62. The van der Waals surface area contributed by atoms with Gasteiger partial charge in [-0.15, -0.1) is 0 Å². The molecule has 112 valence electrons. The van der Waals surface area contributed by atoms with E-state index in [-0.39, 0.29) is 12.0 Å². The van der Waals surface area contributed by atoms with Crippen molar-refractivity contribution in [3.63, 3.8) is 0 Å². The molecule has 0 bridgehead atoms. The number of para-hydroxylation sites is 1. The summed E-state index contributed by atoms with van der Waals surface area (Å²) in [6.07, 6.45) is 1.94. The van der Waals surface area contributed by atoms with Crippen LogP contribution in [0.25, 0.3) is 10.9 Å². The van der Waals surface area contributed by atoms with Crippen molar-refractivity contribution in [2.45, 2.75) is 12.6 Å². The molecular formula is C16H20N2O3. The van der Waals surface area contributed by atoms with Gasteiger partial charge in [0.15, 0.2) is 0 Å². The third-order valence-corrected chi connectivity index (χ3v) is 3.77. The first-order valence-electron chi connectivity index (χ1n) is 7.21. The van der Waals surface area contributed by atoms with Crippen LogP contribution >= 0.6 is 0 Å². The van der Waals surface area contributed by atoms with E-state index in [0.29, 0.717) is 32.9 Å². The average Bonchev–Trinajstić information content (AvgIpc) is 2.91. The molecule has 2 aromatic rings. The van der Waals surface area contributed by atoms with Gasteiger partial charge in [0.05, 0.1) is 25.9 Å². The van der Waals surface area contributed by atoms with Crippen LogP contribution in [-0.4, -0.2) is 54.9 Å². The molecule has 1 aliphatic rings. The molecule has 0 spiro atoms. The Morgan fingerprint density at radius 2 is 2.19 bits per heavy atom. The topological polar surface area (TPSA) is 43.7 Å². The van der Waals surface area contributed by atoms with Crippen molar-refractivity contribution in [1.82, 2.24) is 9.47 Å². The SMILES string of the molecule is CN(C[C@@H]1COCCO1)C(=O)Cn1ccc2ccccc21. The number of nitrogens with zero attached hydrogens (tertiary/aromatic N) is 2. The average molecular weight is 288 g/mol. The highest BCUT2D eigenvalue weighted by molar-refractivity contribution is 5.83. The fourth-order valence-corrected chi connectivity index (χ4v) is 2.59. The molecule has 0 saturated carbocycles. The lowest BCUT2D eigenvalue weighted by molar-refractivity contribution is -0.136. The maximum atomic E-state index is 12.3. The van der Waals surface area contributed by atoms with Gasteiger partial charge < -0.3 is 18.9 Å². The summed E-state index contributed by atoms with van der Waals surface area (Å²) in [6, 6.07) is 10.1. The molecular weight excluding hydrogens is 268 g/mol. The molecule has 0 aliphatic carbocycles. The zero-order chi connectivity index (χ0) is 14.7. The second-order valence-electron chi connectivity index (χ2n) is 5.34. The zero-order valence-electron chi connectivity index (χ0n) is 12.2. The van der Waals surface area contributed by atoms with Gasteiger partial charge in [-0.3, -0.25) is 4.79 Å². The minimum Gasteiger partial charge on any atom is -0.376 e. The fourth-order valence-electron chi connectivity index (χ4n) is 2.59. The Bertz CT molecular complexity index is 617. The number of rotatable bonds is 4. The van der Waals surface area contributed by atoms with Gasteiger partial charge in [0, 0.05) is 25.3 Å². The molecule has 1 atom stereocenters. The summed E-state index contributed by atoms with van der Waals surface area (Å²) in [7, 11) is 1.81. The normalized spacial score (nSPS) is 18.8. The lowest BCUT2D eigenvalue weighted by Crippen LogP contribution is -2.41. The Morgan fingerprint density at radius 3 is 3.00 bits per heavy atom. The van der Waals surface area contributed by atoms with Gasteiger partial charge in [-0.25, -0.2) is 0 Å². The van der Waals surface area contributed by atoms with E-state index >= 15 is 0 Å². The second-order valence-corrected chi connectivity index (χ2v) is 5.34. The molecule has 1 aromatic heterocycles. The second kappa shape index (κ2) is 6.28. The number of benzene rings is 1. The molecule has 5 nitrogen and oxygen atoms in total. The molecule has 1 aliphatic heterocycles. The van der Waals surface area contributed by atoms with Gasteiger partial charge >= 0.3 is 0 Å². The van der Waals surface area contributed by atoms with Crippen LogP contribution in [0.15, 0.2) is 36.5 Å². The Hall–Kier alpha value is -1.85. The van der Waals surface area contributed by atoms with Crippen molar-refractivity contribution in [2.24, 2.45) is 0 Å². The molecule has 0 radical (unpaired) electrons. The Morgan fingerprint density at radius 1 is 1.33 bits per heavy atom. The molecule has 0 N–H and O–H groups in total. The number of fused-ring (bicyclic) bond motifs is 1. The summed E-state index contributed by atoms with van der Waals surface area (Å²) in [5.74, 6) is 0.0746. The number of likely N-dealkylation sites (N-methyl/N-ethyl adjacent to an activating group) is 1. The monoisotopic (exact) mass is 288 g/mol. The first-order chi connectivity index (χ1) is 10.2. The van der Waals surface area contributed by atoms with Gasteiger partial charge in [-0.1, -0.05) is 18.2 Å². The van der Waals surface area contributed by atoms with E-state index < -0.39 is 0 Å². The summed E-state index contributed by atoms with van der Waals surface area (Å²) in [5.41, 5.74) is 1.08. The van der Waals surface area contributed by atoms with Crippen LogP contribution < -0.4 is 0 Å². The van der Waals surface area contributed by atoms with E-state index in [1.807, 2.05) is 48.1 Å². The van der Waals surface area contributed by atoms with Crippen molar-refractivity contribution in [2.75, 3.05) is 33.4 Å². The van der Waals surface area contributed by atoms with Gasteiger partial charge in [0.2, 0.25) is 5.91 Å². The largest absolute Gasteiger partial charge is 0.376 e. The smallest absolute Gasteiger partial charge is 0.242 e. The van der Waals surface area contributed by atoms with E-state index in [1.54, 1.807) is 4.90 Å². The van der Waals surface area contributed by atoms with Gasteiger partial charge in [-0.2, -0.15) is 0 Å². The summed E-state index contributed by atoms with van der Waals surface area (Å²) in [4.78, 5) is 14.1. The minimum absolute atomic E-state index is 0.0193. The molecule has 21 heavy (non-hydrogen) atoms. The lowest BCUT2D eigenvalue weighted by atomic mass is 10.2. The fraction of sp³-hybridized carbons (Fsp3) is 0.438. The lowest BCUT2D eigenvalue weighted by Gasteiger charge is -2.27. The molecule has 1 aromatic carbocycles. The third-order valence-electron chi connectivity index (χ3n) is 3.77. The molecule has 3 rings (SSSR count). The van der Waals surface area contributed by atoms with Crippen molar-refractivity contribution < 1.29 is 14.3 Å². The van der Waals surface area contributed by atoms with E-state index in [2.05, 4.69) is 0 Å². The molecule has 1 fully saturated rings.